The first-order valence-corrected chi connectivity index (χ1v) is 8.22. The van der Waals surface area contributed by atoms with E-state index in [2.05, 4.69) is 27.3 Å². The van der Waals surface area contributed by atoms with Gasteiger partial charge in [0.1, 0.15) is 5.69 Å². The lowest BCUT2D eigenvalue weighted by atomic mass is 10.2. The van der Waals surface area contributed by atoms with Crippen LogP contribution in [0.2, 0.25) is 0 Å². The number of thiazole rings is 1. The molecule has 134 valence electrons. The van der Waals surface area contributed by atoms with Crippen molar-refractivity contribution in [1.29, 1.82) is 0 Å². The van der Waals surface area contributed by atoms with Gasteiger partial charge in [0.05, 0.1) is 5.01 Å². The van der Waals surface area contributed by atoms with Crippen molar-refractivity contribution in [2.75, 3.05) is 26.7 Å². The maximum absolute atomic E-state index is 12.0. The Bertz CT molecular complexity index is 595. The Hall–Kier alpha value is -1.18. The van der Waals surface area contributed by atoms with Crippen molar-refractivity contribution in [3.63, 3.8) is 0 Å². The summed E-state index contributed by atoms with van der Waals surface area (Å²) in [5.74, 6) is -0.118. The number of halogens is 2. The van der Waals surface area contributed by atoms with Crippen LogP contribution in [0.4, 0.5) is 0 Å². The van der Waals surface area contributed by atoms with Crippen molar-refractivity contribution in [3.05, 3.63) is 52.0 Å². The molecule has 2 rings (SSSR count). The molecule has 1 aromatic carbocycles. The zero-order chi connectivity index (χ0) is 15.8. The topological polar surface area (TPSA) is 71.2 Å². The predicted octanol–water partition coefficient (Wildman–Crippen LogP) is 2.35. The van der Waals surface area contributed by atoms with Crippen LogP contribution in [0.3, 0.4) is 0 Å². The highest BCUT2D eigenvalue weighted by atomic mass is 35.5. The summed E-state index contributed by atoms with van der Waals surface area (Å²) in [4.78, 5) is 18.4. The van der Waals surface area contributed by atoms with E-state index in [0.29, 0.717) is 18.8 Å². The van der Waals surface area contributed by atoms with Gasteiger partial charge in [-0.2, -0.15) is 0 Å². The van der Waals surface area contributed by atoms with Crippen LogP contribution < -0.4 is 11.1 Å². The number of amides is 1. The molecule has 0 aliphatic heterocycles. The smallest absolute Gasteiger partial charge is 0.270 e. The lowest BCUT2D eigenvalue weighted by Crippen LogP contribution is -2.32. The fourth-order valence-corrected chi connectivity index (χ4v) is 2.87. The number of nitrogens with one attached hydrogen (secondary N) is 1. The lowest BCUT2D eigenvalue weighted by molar-refractivity contribution is 0.0945. The Kier molecular flexibility index (Phi) is 11.6. The minimum atomic E-state index is -0.118. The van der Waals surface area contributed by atoms with E-state index < -0.39 is 0 Å². The molecule has 1 amide bonds. The molecule has 0 spiro atoms. The maximum atomic E-state index is 12.0. The van der Waals surface area contributed by atoms with Crippen LogP contribution in [-0.2, 0) is 13.0 Å². The van der Waals surface area contributed by atoms with Crippen molar-refractivity contribution in [3.8, 4) is 0 Å². The number of rotatable bonds is 8. The summed E-state index contributed by atoms with van der Waals surface area (Å²) in [6, 6.07) is 10.3. The van der Waals surface area contributed by atoms with E-state index in [1.807, 2.05) is 25.2 Å². The van der Waals surface area contributed by atoms with Gasteiger partial charge in [-0.3, -0.25) is 4.79 Å². The van der Waals surface area contributed by atoms with Crippen LogP contribution in [0, 0.1) is 0 Å². The van der Waals surface area contributed by atoms with Gasteiger partial charge in [0.2, 0.25) is 0 Å². The van der Waals surface area contributed by atoms with Gasteiger partial charge in [-0.05, 0) is 19.2 Å². The number of hydrogen-bond acceptors (Lipinski definition) is 5. The van der Waals surface area contributed by atoms with Crippen molar-refractivity contribution < 1.29 is 4.79 Å². The zero-order valence-corrected chi connectivity index (χ0v) is 16.1. The molecule has 0 saturated heterocycles. The van der Waals surface area contributed by atoms with Crippen molar-refractivity contribution >= 4 is 42.1 Å². The molecule has 0 atom stereocenters. The van der Waals surface area contributed by atoms with Gasteiger partial charge >= 0.3 is 0 Å². The van der Waals surface area contributed by atoms with Crippen LogP contribution in [0.5, 0.6) is 0 Å². The number of nitrogens with two attached hydrogens (primary N) is 1. The first kappa shape index (κ1) is 22.8. The third kappa shape index (κ3) is 7.59. The Morgan fingerprint density at radius 2 is 2.00 bits per heavy atom. The summed E-state index contributed by atoms with van der Waals surface area (Å²) in [6.45, 7) is 2.82. The molecular formula is C16H24Cl2N4OS. The first-order valence-electron chi connectivity index (χ1n) is 7.34. The van der Waals surface area contributed by atoms with E-state index in [0.717, 1.165) is 24.5 Å². The molecule has 1 heterocycles. The zero-order valence-electron chi connectivity index (χ0n) is 13.6. The van der Waals surface area contributed by atoms with Gasteiger partial charge in [0.15, 0.2) is 0 Å². The lowest BCUT2D eigenvalue weighted by Gasteiger charge is -2.16. The Morgan fingerprint density at radius 1 is 1.29 bits per heavy atom. The molecule has 24 heavy (non-hydrogen) atoms. The molecule has 0 aliphatic rings. The van der Waals surface area contributed by atoms with E-state index in [-0.39, 0.29) is 30.7 Å². The van der Waals surface area contributed by atoms with Crippen LogP contribution in [0.1, 0.15) is 21.1 Å². The molecule has 5 nitrogen and oxygen atoms in total. The number of likely N-dealkylation sites (N-methyl/N-ethyl adjacent to an activating group) is 1. The van der Waals surface area contributed by atoms with Gasteiger partial charge < -0.3 is 16.0 Å². The van der Waals surface area contributed by atoms with Crippen molar-refractivity contribution in [2.45, 2.75) is 13.0 Å². The molecule has 0 radical (unpaired) electrons. The molecule has 1 aromatic heterocycles. The fourth-order valence-electron chi connectivity index (χ4n) is 2.08. The SMILES string of the molecule is CN(CCNC(=O)c1csc(CCN)n1)Cc1ccccc1.Cl.Cl. The summed E-state index contributed by atoms with van der Waals surface area (Å²) >= 11 is 1.48. The van der Waals surface area contributed by atoms with Crippen LogP contribution in [0.15, 0.2) is 35.7 Å². The molecule has 3 N–H and O–H groups in total. The minimum absolute atomic E-state index is 0. The average molecular weight is 391 g/mol. The molecule has 2 aromatic rings. The number of benzene rings is 1. The van der Waals surface area contributed by atoms with Crippen LogP contribution >= 0.6 is 36.2 Å². The summed E-state index contributed by atoms with van der Waals surface area (Å²) in [6.07, 6.45) is 0.720. The standard InChI is InChI=1S/C16H22N4OS.2ClH/c1-20(11-13-5-3-2-4-6-13)10-9-18-16(21)14-12-22-15(19-14)7-8-17;;/h2-6,12H,7-11,17H2,1H3,(H,18,21);2*1H. The Balaban J connectivity index is 0.00000264. The number of nitrogens with zero attached hydrogens (tertiary/aromatic N) is 2. The Morgan fingerprint density at radius 3 is 2.67 bits per heavy atom. The van der Waals surface area contributed by atoms with E-state index in [1.165, 1.54) is 16.9 Å². The fraction of sp³-hybridized carbons (Fsp3) is 0.375. The molecule has 0 aliphatic carbocycles. The molecular weight excluding hydrogens is 367 g/mol. The molecule has 0 saturated carbocycles. The van der Waals surface area contributed by atoms with Crippen molar-refractivity contribution in [2.24, 2.45) is 5.73 Å². The summed E-state index contributed by atoms with van der Waals surface area (Å²) in [7, 11) is 2.04. The van der Waals surface area contributed by atoms with Gasteiger partial charge in [0.25, 0.3) is 5.91 Å². The third-order valence-electron chi connectivity index (χ3n) is 3.22. The van der Waals surface area contributed by atoms with Gasteiger partial charge in [0, 0.05) is 31.4 Å². The van der Waals surface area contributed by atoms with E-state index in [4.69, 9.17) is 5.73 Å². The molecule has 0 fully saturated rings. The van der Waals surface area contributed by atoms with E-state index in [9.17, 15) is 4.79 Å². The van der Waals surface area contributed by atoms with Gasteiger partial charge in [-0.1, -0.05) is 30.3 Å². The van der Waals surface area contributed by atoms with Gasteiger partial charge in [-0.25, -0.2) is 4.98 Å². The summed E-state index contributed by atoms with van der Waals surface area (Å²) < 4.78 is 0. The summed E-state index contributed by atoms with van der Waals surface area (Å²) in [5, 5.41) is 5.60. The van der Waals surface area contributed by atoms with E-state index in [1.54, 1.807) is 5.38 Å². The van der Waals surface area contributed by atoms with Crippen LogP contribution in [0.25, 0.3) is 0 Å². The quantitative estimate of drug-likeness (QED) is 0.725. The van der Waals surface area contributed by atoms with Crippen molar-refractivity contribution in [1.82, 2.24) is 15.2 Å². The first-order chi connectivity index (χ1) is 10.7. The second kappa shape index (κ2) is 12.2. The largest absolute Gasteiger partial charge is 0.349 e. The highest BCUT2D eigenvalue weighted by molar-refractivity contribution is 7.09. The molecule has 8 heteroatoms. The van der Waals surface area contributed by atoms with E-state index >= 15 is 0 Å². The number of hydrogen-bond donors (Lipinski definition) is 2. The number of aromatic nitrogens is 1. The molecule has 0 unspecified atom stereocenters. The summed E-state index contributed by atoms with van der Waals surface area (Å²) in [5.41, 5.74) is 7.23. The number of carbonyl (C=O) groups excluding carboxylic acids is 1. The molecule has 0 bridgehead atoms. The minimum Gasteiger partial charge on any atom is -0.349 e. The second-order valence-corrected chi connectivity index (χ2v) is 6.09. The monoisotopic (exact) mass is 390 g/mol. The average Bonchev–Trinajstić information content (AvgIpc) is 2.97. The third-order valence-corrected chi connectivity index (χ3v) is 4.13. The highest BCUT2D eigenvalue weighted by Crippen LogP contribution is 2.09. The maximum Gasteiger partial charge on any atom is 0.270 e. The van der Waals surface area contributed by atoms with Crippen LogP contribution in [-0.4, -0.2) is 42.5 Å². The predicted molar refractivity (Wildman–Crippen MR) is 104 cm³/mol. The normalized spacial score (nSPS) is 9.96. The Labute approximate surface area is 159 Å². The number of carbonyl (C=O) groups is 1. The highest BCUT2D eigenvalue weighted by Gasteiger charge is 2.10. The second-order valence-electron chi connectivity index (χ2n) is 5.14. The van der Waals surface area contributed by atoms with Gasteiger partial charge in [-0.15, -0.1) is 36.2 Å².